The number of hydrogen-bond donors (Lipinski definition) is 0. The minimum atomic E-state index is -1.72. The van der Waals surface area contributed by atoms with E-state index in [4.69, 9.17) is 0 Å². The summed E-state index contributed by atoms with van der Waals surface area (Å²) in [5.41, 5.74) is 9.09. The van der Waals surface area contributed by atoms with Crippen LogP contribution in [0.15, 0.2) is 97.1 Å². The van der Waals surface area contributed by atoms with Gasteiger partial charge in [-0.1, -0.05) is 163 Å². The molecule has 0 amide bonds. The molecule has 0 aromatic heterocycles. The van der Waals surface area contributed by atoms with Crippen LogP contribution < -0.4 is 15.6 Å². The van der Waals surface area contributed by atoms with Crippen LogP contribution in [0.3, 0.4) is 0 Å². The summed E-state index contributed by atoms with van der Waals surface area (Å²) in [6.07, 6.45) is 8.08. The molecule has 5 aromatic carbocycles. The van der Waals surface area contributed by atoms with Crippen LogP contribution in [-0.2, 0) is 35.1 Å². The number of benzene rings is 4. The molecule has 0 saturated carbocycles. The minimum absolute atomic E-state index is 0.0819. The van der Waals surface area contributed by atoms with Crippen molar-refractivity contribution in [3.05, 3.63) is 125 Å². The molecule has 0 N–H and O–H groups in total. The predicted octanol–water partition coefficient (Wildman–Crippen LogP) is 12.1. The first-order valence-electron chi connectivity index (χ1n) is 19.3. The van der Waals surface area contributed by atoms with Gasteiger partial charge in [0.1, 0.15) is 0 Å². The van der Waals surface area contributed by atoms with E-state index in [0.717, 1.165) is 6.42 Å². The van der Waals surface area contributed by atoms with Crippen LogP contribution in [0.1, 0.15) is 75.8 Å². The Kier molecular flexibility index (Phi) is 11.5. The van der Waals surface area contributed by atoms with Gasteiger partial charge < -0.3 is 0 Å². The molecule has 52 heavy (non-hydrogen) atoms. The summed E-state index contributed by atoms with van der Waals surface area (Å²) in [7, 11) is -5.06. The quantitative estimate of drug-likeness (QED) is 0.118. The van der Waals surface area contributed by atoms with Crippen molar-refractivity contribution >= 4 is 70.1 Å². The second kappa shape index (κ2) is 14.7. The molecule has 0 nitrogen and oxygen atoms in total. The Balaban J connectivity index is 0.000000310. The van der Waals surface area contributed by atoms with Gasteiger partial charge in [0.25, 0.3) is 0 Å². The Morgan fingerprint density at radius 1 is 0.635 bits per heavy atom. The Morgan fingerprint density at radius 2 is 1.15 bits per heavy atom. The van der Waals surface area contributed by atoms with Crippen LogP contribution in [0.25, 0.3) is 27.1 Å². The third-order valence-corrected chi connectivity index (χ3v) is 18.1. The number of allylic oxidation sites excluding steroid dienone is 4. The fourth-order valence-corrected chi connectivity index (χ4v) is 16.7. The second-order valence-corrected chi connectivity index (χ2v) is 36.4. The average molecular weight is 816 g/mol. The molecular weight excluding hydrogens is 752 g/mol. The molecule has 0 heterocycles. The van der Waals surface area contributed by atoms with Crippen LogP contribution in [0.2, 0.25) is 58.9 Å². The molecule has 6 rings (SSSR count). The molecule has 1 aliphatic carbocycles. The molecule has 0 unspecified atom stereocenters. The first-order valence-corrected chi connectivity index (χ1v) is 31.0. The predicted molar refractivity (Wildman–Crippen MR) is 241 cm³/mol. The zero-order chi connectivity index (χ0) is 38.6. The average Bonchev–Trinajstić information content (AvgIpc) is 3.70. The summed E-state index contributed by atoms with van der Waals surface area (Å²) < 4.78 is 1.42. The van der Waals surface area contributed by atoms with Crippen LogP contribution in [-0.4, -0.2) is 27.4 Å². The maximum absolute atomic E-state index is 2.62. The van der Waals surface area contributed by atoms with Gasteiger partial charge in [-0.3, -0.25) is 0 Å². The van der Waals surface area contributed by atoms with E-state index >= 15 is 0 Å². The van der Waals surface area contributed by atoms with Gasteiger partial charge in [0.15, 0.2) is 0 Å². The molecule has 0 aliphatic heterocycles. The van der Waals surface area contributed by atoms with Gasteiger partial charge >= 0.3 is 99.2 Å². The molecular formula is C48H63Si3Zr-. The molecule has 0 saturated heterocycles. The van der Waals surface area contributed by atoms with Crippen molar-refractivity contribution in [2.75, 3.05) is 0 Å². The first kappa shape index (κ1) is 40.8. The van der Waals surface area contributed by atoms with E-state index in [1.807, 2.05) is 0 Å². The second-order valence-electron chi connectivity index (χ2n) is 20.1. The van der Waals surface area contributed by atoms with Gasteiger partial charge in [0, 0.05) is 0 Å². The van der Waals surface area contributed by atoms with Gasteiger partial charge in [-0.15, -0.1) is 33.7 Å². The monoisotopic (exact) mass is 813 g/mol. The number of fused-ring (bicyclic) bond motifs is 3. The zero-order valence-corrected chi connectivity index (χ0v) is 40.4. The van der Waals surface area contributed by atoms with Gasteiger partial charge in [0.05, 0.1) is 24.2 Å². The molecule has 0 fully saturated rings. The molecule has 5 aromatic rings. The normalized spacial score (nSPS) is 14.1. The van der Waals surface area contributed by atoms with E-state index in [2.05, 4.69) is 198 Å². The number of hydrogen-bond acceptors (Lipinski definition) is 0. The Bertz CT molecular complexity index is 2120. The van der Waals surface area contributed by atoms with E-state index in [-0.39, 0.29) is 10.8 Å². The van der Waals surface area contributed by atoms with Gasteiger partial charge in [-0.05, 0) is 17.3 Å². The van der Waals surface area contributed by atoms with Crippen molar-refractivity contribution in [2.45, 2.75) is 118 Å². The van der Waals surface area contributed by atoms with Crippen molar-refractivity contribution in [2.24, 2.45) is 0 Å². The third-order valence-electron chi connectivity index (χ3n) is 10.4. The molecule has 0 spiro atoms. The topological polar surface area (TPSA) is 0 Å². The molecule has 0 radical (unpaired) electrons. The Morgan fingerprint density at radius 3 is 1.56 bits per heavy atom. The molecule has 4 heteroatoms. The molecule has 272 valence electrons. The van der Waals surface area contributed by atoms with Crippen molar-refractivity contribution in [1.82, 2.24) is 0 Å². The fourth-order valence-electron chi connectivity index (χ4n) is 8.00. The Labute approximate surface area is 334 Å². The summed E-state index contributed by atoms with van der Waals surface area (Å²) in [4.78, 5) is 0. The van der Waals surface area contributed by atoms with E-state index in [0.29, 0.717) is 0 Å². The van der Waals surface area contributed by atoms with E-state index in [9.17, 15) is 0 Å². The zero-order valence-electron chi connectivity index (χ0n) is 34.9. The van der Waals surface area contributed by atoms with E-state index in [1.54, 1.807) is 37.5 Å². The van der Waals surface area contributed by atoms with Crippen LogP contribution in [0, 0.1) is 0 Å². The molecule has 1 aliphatic rings. The van der Waals surface area contributed by atoms with Crippen molar-refractivity contribution in [3.63, 3.8) is 0 Å². The van der Waals surface area contributed by atoms with Crippen molar-refractivity contribution in [3.8, 4) is 0 Å². The summed E-state index contributed by atoms with van der Waals surface area (Å²) in [6, 6.07) is 28.9. The number of rotatable bonds is 6. The van der Waals surface area contributed by atoms with Crippen LogP contribution in [0.5, 0.6) is 0 Å². The summed E-state index contributed by atoms with van der Waals surface area (Å²) in [5, 5.41) is 11.4. The van der Waals surface area contributed by atoms with Crippen molar-refractivity contribution < 1.29 is 24.2 Å². The van der Waals surface area contributed by atoms with Crippen LogP contribution in [0.4, 0.5) is 0 Å². The van der Waals surface area contributed by atoms with E-state index in [1.165, 1.54) is 60.5 Å². The molecule has 0 atom stereocenters. The van der Waals surface area contributed by atoms with Gasteiger partial charge in [-0.2, -0.15) is 0 Å². The summed E-state index contributed by atoms with van der Waals surface area (Å²) in [6.45, 7) is 37.8. The van der Waals surface area contributed by atoms with Gasteiger partial charge in [-0.25, -0.2) is 0 Å². The summed E-state index contributed by atoms with van der Waals surface area (Å²) in [5.74, 6) is 0. The van der Waals surface area contributed by atoms with E-state index < -0.39 is 24.2 Å². The summed E-state index contributed by atoms with van der Waals surface area (Å²) >= 11 is 1.46. The molecule has 0 bridgehead atoms. The van der Waals surface area contributed by atoms with Gasteiger partial charge in [0.2, 0.25) is 0 Å². The standard InChI is InChI=1S/C35H53Si3.C13H10.Zr/c1-34(2,3)25-20-24-21-26-28(23-18-16-17-19-23)31(35(4,5)6)33(38(13,14)15)32(37(10,11)12)30(26)29(24)27(22-25)36(7,8)9;1-3-7-12(8-4-1)11-13-9-5-2-6-10-13;/h16-18,20-22H,19H2,1-15H3;1-10H;/q-1;;. The SMILES string of the molecule is CC(C)(C)c1cc([Si](C)(C)C)c2c(c1)[cH-]c1c(C3=CC=CC3)c(C(C)(C)C)c([Si](C)(C)C)c([Si](C)(C)C)c12.[Zr]=[C](c1ccccc1)c1ccccc1. The van der Waals surface area contributed by atoms with Crippen LogP contribution >= 0.6 is 0 Å². The fraction of sp³-hybridized carbons (Fsp3) is 0.375. The first-order chi connectivity index (χ1) is 23.9. The third kappa shape index (κ3) is 8.46. The maximum atomic E-state index is 2.62. The Hall–Kier alpha value is -2.37. The van der Waals surface area contributed by atoms with Crippen molar-refractivity contribution in [1.29, 1.82) is 0 Å².